The molecule has 0 fully saturated rings. The van der Waals surface area contributed by atoms with E-state index in [9.17, 15) is 9.59 Å². The molecule has 0 saturated carbocycles. The van der Waals surface area contributed by atoms with Gasteiger partial charge in [-0.15, -0.1) is 11.3 Å². The number of carbonyl (C=O) groups is 2. The summed E-state index contributed by atoms with van der Waals surface area (Å²) >= 11 is 1.47. The molecule has 0 saturated heterocycles. The number of methoxy groups -OCH3 is 1. The highest BCUT2D eigenvalue weighted by atomic mass is 32.1. The van der Waals surface area contributed by atoms with E-state index < -0.39 is 5.97 Å². The number of hydrogen-bond acceptors (Lipinski definition) is 5. The molecule has 2 aromatic rings. The van der Waals surface area contributed by atoms with Crippen LogP contribution in [-0.4, -0.2) is 39.2 Å². The minimum atomic E-state index is -0.396. The summed E-state index contributed by atoms with van der Waals surface area (Å²) in [7, 11) is 3.50. The topological polar surface area (TPSA) is 69.1 Å². The van der Waals surface area contributed by atoms with E-state index >= 15 is 0 Å². The summed E-state index contributed by atoms with van der Waals surface area (Å²) in [5.74, 6) is 0.106. The Morgan fingerprint density at radius 2 is 2.00 bits per heavy atom. The smallest absolute Gasteiger partial charge is 0.341 e. The van der Waals surface area contributed by atoms with E-state index in [-0.39, 0.29) is 5.91 Å². The van der Waals surface area contributed by atoms with Crippen LogP contribution in [0.3, 0.4) is 0 Å². The second-order valence-corrected chi connectivity index (χ2v) is 8.12. The van der Waals surface area contributed by atoms with Crippen molar-refractivity contribution in [2.75, 3.05) is 32.6 Å². The van der Waals surface area contributed by atoms with Gasteiger partial charge in [0.25, 0.3) is 5.91 Å². The molecular weight excluding hydrogens is 376 g/mol. The standard InChI is InChI=1S/C21H26N2O4S/c1-4-5-12-27-15-8-6-14(7-9-15)19(24)22-20-18(21(25)26-3)16-10-11-23(2)13-17(16)28-20/h6-9H,4-5,10-13H2,1-3H3,(H,22,24)/p+1. The molecule has 1 amide bonds. The van der Waals surface area contributed by atoms with E-state index in [1.165, 1.54) is 23.3 Å². The van der Waals surface area contributed by atoms with Gasteiger partial charge in [-0.3, -0.25) is 4.79 Å². The van der Waals surface area contributed by atoms with Crippen molar-refractivity contribution in [3.05, 3.63) is 45.8 Å². The zero-order valence-corrected chi connectivity index (χ0v) is 17.4. The molecule has 2 heterocycles. The molecule has 2 N–H and O–H groups in total. The van der Waals surface area contributed by atoms with Crippen LogP contribution in [0.4, 0.5) is 5.00 Å². The average Bonchev–Trinajstić information content (AvgIpc) is 3.04. The minimum absolute atomic E-state index is 0.246. The van der Waals surface area contributed by atoms with E-state index in [1.54, 1.807) is 24.3 Å². The molecule has 3 rings (SSSR count). The first-order valence-electron chi connectivity index (χ1n) is 9.61. The van der Waals surface area contributed by atoms with E-state index in [1.807, 2.05) is 0 Å². The maximum Gasteiger partial charge on any atom is 0.341 e. The fraction of sp³-hybridized carbons (Fsp3) is 0.429. The van der Waals surface area contributed by atoms with Crippen molar-refractivity contribution < 1.29 is 24.0 Å². The summed E-state index contributed by atoms with van der Waals surface area (Å²) in [4.78, 5) is 27.6. The number of thiophene rings is 1. The first kappa shape index (κ1) is 20.4. The molecule has 1 unspecified atom stereocenters. The molecule has 1 aliphatic heterocycles. The summed E-state index contributed by atoms with van der Waals surface area (Å²) in [5.41, 5.74) is 2.04. The van der Waals surface area contributed by atoms with E-state index in [4.69, 9.17) is 9.47 Å². The van der Waals surface area contributed by atoms with Gasteiger partial charge in [-0.25, -0.2) is 4.79 Å². The van der Waals surface area contributed by atoms with Gasteiger partial charge in [0.15, 0.2) is 0 Å². The predicted octanol–water partition coefficient (Wildman–Crippen LogP) is 2.54. The number of esters is 1. The van der Waals surface area contributed by atoms with Crippen molar-refractivity contribution in [3.63, 3.8) is 0 Å². The Labute approximate surface area is 169 Å². The lowest BCUT2D eigenvalue weighted by Gasteiger charge is -2.19. The minimum Gasteiger partial charge on any atom is -0.494 e. The van der Waals surface area contributed by atoms with Crippen molar-refractivity contribution in [1.82, 2.24) is 0 Å². The fourth-order valence-corrected chi connectivity index (χ4v) is 4.58. The van der Waals surface area contributed by atoms with Gasteiger partial charge in [-0.1, -0.05) is 13.3 Å². The molecular formula is C21H27N2O4S+. The molecule has 0 bridgehead atoms. The molecule has 28 heavy (non-hydrogen) atoms. The van der Waals surface area contributed by atoms with Crippen LogP contribution in [0.25, 0.3) is 0 Å². The number of likely N-dealkylation sites (N-methyl/N-ethyl adjacent to an activating group) is 1. The number of benzene rings is 1. The number of quaternary nitrogens is 1. The van der Waals surface area contributed by atoms with Crippen molar-refractivity contribution >= 4 is 28.2 Å². The first-order chi connectivity index (χ1) is 13.5. The number of hydrogen-bond donors (Lipinski definition) is 2. The number of amides is 1. The molecule has 6 nitrogen and oxygen atoms in total. The number of fused-ring (bicyclic) bond motifs is 1. The Hall–Kier alpha value is -2.38. The van der Waals surface area contributed by atoms with Gasteiger partial charge < -0.3 is 19.7 Å². The predicted molar refractivity (Wildman–Crippen MR) is 110 cm³/mol. The van der Waals surface area contributed by atoms with Crippen LogP contribution in [0, 0.1) is 0 Å². The molecule has 1 atom stereocenters. The van der Waals surface area contributed by atoms with Crippen LogP contribution in [0.2, 0.25) is 0 Å². The van der Waals surface area contributed by atoms with Gasteiger partial charge in [0.2, 0.25) is 0 Å². The monoisotopic (exact) mass is 403 g/mol. The largest absolute Gasteiger partial charge is 0.494 e. The van der Waals surface area contributed by atoms with Gasteiger partial charge in [0.05, 0.1) is 37.7 Å². The maximum absolute atomic E-state index is 12.7. The Kier molecular flexibility index (Phi) is 6.70. The quantitative estimate of drug-likeness (QED) is 0.551. The van der Waals surface area contributed by atoms with Crippen LogP contribution < -0.4 is 15.0 Å². The molecule has 0 radical (unpaired) electrons. The van der Waals surface area contributed by atoms with Crippen LogP contribution in [0.5, 0.6) is 5.75 Å². The molecule has 1 aliphatic rings. The third-order valence-electron chi connectivity index (χ3n) is 4.85. The fourth-order valence-electron chi connectivity index (χ4n) is 3.24. The van der Waals surface area contributed by atoms with Crippen molar-refractivity contribution in [3.8, 4) is 5.75 Å². The SMILES string of the molecule is CCCCOc1ccc(C(=O)Nc2sc3c(c2C(=O)OC)CC[NH+](C)C3)cc1. The first-order valence-corrected chi connectivity index (χ1v) is 10.4. The summed E-state index contributed by atoms with van der Waals surface area (Å²) in [6.45, 7) is 4.59. The number of anilines is 1. The van der Waals surface area contributed by atoms with Gasteiger partial charge in [0, 0.05) is 12.0 Å². The Morgan fingerprint density at radius 3 is 2.68 bits per heavy atom. The lowest BCUT2D eigenvalue weighted by atomic mass is 10.0. The summed E-state index contributed by atoms with van der Waals surface area (Å²) in [5, 5.41) is 3.48. The Balaban J connectivity index is 1.77. The zero-order chi connectivity index (χ0) is 20.1. The van der Waals surface area contributed by atoms with Crippen LogP contribution in [0.1, 0.15) is 50.9 Å². The molecule has 0 spiro atoms. The molecule has 7 heteroatoms. The van der Waals surface area contributed by atoms with Crippen molar-refractivity contribution in [2.45, 2.75) is 32.7 Å². The number of rotatable bonds is 7. The average molecular weight is 404 g/mol. The number of carbonyl (C=O) groups excluding carboxylic acids is 2. The van der Waals surface area contributed by atoms with Crippen LogP contribution in [-0.2, 0) is 17.7 Å². The summed E-state index contributed by atoms with van der Waals surface area (Å²) in [6, 6.07) is 7.06. The van der Waals surface area contributed by atoms with E-state index in [0.717, 1.165) is 48.5 Å². The summed E-state index contributed by atoms with van der Waals surface area (Å²) < 4.78 is 10.6. The molecule has 150 valence electrons. The van der Waals surface area contributed by atoms with Crippen LogP contribution >= 0.6 is 11.3 Å². The van der Waals surface area contributed by atoms with Crippen molar-refractivity contribution in [2.24, 2.45) is 0 Å². The van der Waals surface area contributed by atoms with Gasteiger partial charge in [-0.05, 0) is 36.2 Å². The van der Waals surface area contributed by atoms with E-state index in [2.05, 4.69) is 19.3 Å². The Morgan fingerprint density at radius 1 is 1.25 bits per heavy atom. The lowest BCUT2D eigenvalue weighted by molar-refractivity contribution is -0.895. The maximum atomic E-state index is 12.7. The number of unbranched alkanes of at least 4 members (excludes halogenated alkanes) is 1. The second kappa shape index (κ2) is 9.21. The van der Waals surface area contributed by atoms with E-state index in [0.29, 0.717) is 22.7 Å². The molecule has 0 aliphatic carbocycles. The summed E-state index contributed by atoms with van der Waals surface area (Å²) in [6.07, 6.45) is 2.88. The molecule has 1 aromatic carbocycles. The Bertz CT molecular complexity index is 845. The lowest BCUT2D eigenvalue weighted by Crippen LogP contribution is -3.08. The normalized spacial score (nSPS) is 15.6. The van der Waals surface area contributed by atoms with Crippen LogP contribution in [0.15, 0.2) is 24.3 Å². The van der Waals surface area contributed by atoms with Gasteiger partial charge >= 0.3 is 5.97 Å². The highest BCUT2D eigenvalue weighted by molar-refractivity contribution is 7.17. The highest BCUT2D eigenvalue weighted by Crippen LogP contribution is 2.35. The number of ether oxygens (including phenoxy) is 2. The van der Waals surface area contributed by atoms with Gasteiger partial charge in [0.1, 0.15) is 17.3 Å². The molecule has 1 aromatic heterocycles. The van der Waals surface area contributed by atoms with Crippen molar-refractivity contribution in [1.29, 1.82) is 0 Å². The zero-order valence-electron chi connectivity index (χ0n) is 16.6. The second-order valence-electron chi connectivity index (χ2n) is 7.01. The number of nitrogens with one attached hydrogen (secondary N) is 2. The van der Waals surface area contributed by atoms with Gasteiger partial charge in [-0.2, -0.15) is 0 Å². The highest BCUT2D eigenvalue weighted by Gasteiger charge is 2.30. The third kappa shape index (κ3) is 4.54. The third-order valence-corrected chi connectivity index (χ3v) is 6.00.